The largest absolute Gasteiger partial charge is 0.359 e. The maximum Gasteiger partial charge on any atom is 0.251 e. The summed E-state index contributed by atoms with van der Waals surface area (Å²) in [5.41, 5.74) is 2.05. The zero-order valence-electron chi connectivity index (χ0n) is 16.0. The second-order valence-electron chi connectivity index (χ2n) is 6.53. The predicted molar refractivity (Wildman–Crippen MR) is 108 cm³/mol. The van der Waals surface area contributed by atoms with Gasteiger partial charge in [-0.3, -0.25) is 14.6 Å². The van der Waals surface area contributed by atoms with E-state index in [1.54, 1.807) is 31.7 Å². The summed E-state index contributed by atoms with van der Waals surface area (Å²) in [6, 6.07) is 12.6. The van der Waals surface area contributed by atoms with Crippen molar-refractivity contribution in [3.8, 4) is 0 Å². The molecule has 144 valence electrons. The van der Waals surface area contributed by atoms with Gasteiger partial charge in [-0.05, 0) is 24.3 Å². The lowest BCUT2D eigenvalue weighted by molar-refractivity contribution is 0.0950. The number of pyridine rings is 3. The van der Waals surface area contributed by atoms with Crippen molar-refractivity contribution in [2.75, 3.05) is 18.5 Å². The highest BCUT2D eigenvalue weighted by Crippen LogP contribution is 2.16. The fourth-order valence-electron chi connectivity index (χ4n) is 2.81. The lowest BCUT2D eigenvalue weighted by atomic mass is 10.2. The van der Waals surface area contributed by atoms with Gasteiger partial charge in [0.05, 0.1) is 0 Å². The average molecular weight is 377 g/mol. The Labute approximate surface area is 163 Å². The highest BCUT2D eigenvalue weighted by molar-refractivity contribution is 5.94. The summed E-state index contributed by atoms with van der Waals surface area (Å²) in [6.07, 6.45) is 5.90. The van der Waals surface area contributed by atoms with Gasteiger partial charge in [-0.25, -0.2) is 4.98 Å². The van der Waals surface area contributed by atoms with Gasteiger partial charge in [0.1, 0.15) is 5.82 Å². The van der Waals surface area contributed by atoms with Gasteiger partial charge in [-0.2, -0.15) is 0 Å². The van der Waals surface area contributed by atoms with Gasteiger partial charge in [-0.1, -0.05) is 12.1 Å². The Hall–Kier alpha value is -3.48. The van der Waals surface area contributed by atoms with Crippen molar-refractivity contribution in [3.63, 3.8) is 0 Å². The first kappa shape index (κ1) is 19.3. The summed E-state index contributed by atoms with van der Waals surface area (Å²) >= 11 is 0. The third-order valence-electron chi connectivity index (χ3n) is 4.46. The third-order valence-corrected chi connectivity index (χ3v) is 4.46. The molecule has 7 heteroatoms. The van der Waals surface area contributed by atoms with Crippen LogP contribution in [0.15, 0.2) is 65.8 Å². The number of amides is 1. The molecule has 28 heavy (non-hydrogen) atoms. The van der Waals surface area contributed by atoms with Gasteiger partial charge >= 0.3 is 0 Å². The molecule has 0 saturated carbocycles. The van der Waals surface area contributed by atoms with Crippen molar-refractivity contribution in [2.24, 2.45) is 7.05 Å². The molecular formula is C21H23N5O2. The van der Waals surface area contributed by atoms with Crippen LogP contribution in [-0.2, 0) is 20.0 Å². The summed E-state index contributed by atoms with van der Waals surface area (Å²) in [7, 11) is 3.62. The van der Waals surface area contributed by atoms with Crippen LogP contribution in [-0.4, -0.2) is 34.0 Å². The number of hydrogen-bond acceptors (Lipinski definition) is 5. The van der Waals surface area contributed by atoms with Gasteiger partial charge in [-0.15, -0.1) is 0 Å². The molecule has 3 rings (SSSR count). The number of nitrogens with zero attached hydrogens (tertiary/aromatic N) is 4. The van der Waals surface area contributed by atoms with Crippen LogP contribution < -0.4 is 15.8 Å². The van der Waals surface area contributed by atoms with Crippen LogP contribution >= 0.6 is 0 Å². The molecule has 0 aliphatic rings. The van der Waals surface area contributed by atoms with E-state index >= 15 is 0 Å². The fraction of sp³-hybridized carbons (Fsp3) is 0.238. The van der Waals surface area contributed by atoms with E-state index in [9.17, 15) is 9.59 Å². The Kier molecular flexibility index (Phi) is 6.16. The number of carbonyl (C=O) groups excluding carboxylic acids is 1. The third kappa shape index (κ3) is 4.82. The van der Waals surface area contributed by atoms with Gasteiger partial charge in [0.2, 0.25) is 0 Å². The van der Waals surface area contributed by atoms with Crippen LogP contribution in [0.3, 0.4) is 0 Å². The number of hydrogen-bond donors (Lipinski definition) is 1. The number of likely N-dealkylation sites (N-methyl/N-ethyl adjacent to an activating group) is 1. The first-order valence-corrected chi connectivity index (χ1v) is 9.04. The maximum atomic E-state index is 12.4. The normalized spacial score (nSPS) is 10.5. The Bertz CT molecular complexity index is 1000. The first-order valence-electron chi connectivity index (χ1n) is 9.04. The van der Waals surface area contributed by atoms with Crippen molar-refractivity contribution in [1.29, 1.82) is 0 Å². The van der Waals surface area contributed by atoms with Crippen LogP contribution in [0.1, 0.15) is 21.6 Å². The molecule has 0 fully saturated rings. The predicted octanol–water partition coefficient (Wildman–Crippen LogP) is 1.78. The zero-order valence-corrected chi connectivity index (χ0v) is 16.0. The van der Waals surface area contributed by atoms with Crippen LogP contribution in [0.5, 0.6) is 0 Å². The standard InChI is InChI=1S/C21H23N5O2/c1-25-12-8-16(14-19(25)27)21(28)24-15-17-6-5-11-23-20(17)26(2)13-9-18-7-3-4-10-22-18/h3-8,10-12,14H,9,13,15H2,1-2H3,(H,24,28). The quantitative estimate of drug-likeness (QED) is 0.679. The van der Waals surface area contributed by atoms with Crippen molar-refractivity contribution < 1.29 is 4.79 Å². The van der Waals surface area contributed by atoms with E-state index in [0.29, 0.717) is 12.1 Å². The molecule has 0 saturated heterocycles. The molecule has 0 unspecified atom stereocenters. The van der Waals surface area contributed by atoms with Gasteiger partial charge in [0, 0.05) is 75.1 Å². The fourth-order valence-corrected chi connectivity index (χ4v) is 2.81. The van der Waals surface area contributed by atoms with Crippen molar-refractivity contribution in [1.82, 2.24) is 19.9 Å². The SMILES string of the molecule is CN(CCc1ccccn1)c1ncccc1CNC(=O)c1ccn(C)c(=O)c1. The summed E-state index contributed by atoms with van der Waals surface area (Å²) in [6.45, 7) is 1.08. The molecule has 3 aromatic rings. The molecule has 3 heterocycles. The van der Waals surface area contributed by atoms with Crippen LogP contribution in [0.4, 0.5) is 5.82 Å². The Morgan fingerprint density at radius 2 is 1.96 bits per heavy atom. The molecule has 0 atom stereocenters. The minimum atomic E-state index is -0.288. The van der Waals surface area contributed by atoms with Gasteiger partial charge < -0.3 is 14.8 Å². The minimum absolute atomic E-state index is 0.219. The van der Waals surface area contributed by atoms with Crippen LogP contribution in [0.25, 0.3) is 0 Å². The highest BCUT2D eigenvalue weighted by Gasteiger charge is 2.12. The van der Waals surface area contributed by atoms with Gasteiger partial charge in [0.15, 0.2) is 0 Å². The first-order chi connectivity index (χ1) is 13.5. The summed E-state index contributed by atoms with van der Waals surface area (Å²) in [4.78, 5) is 34.9. The Morgan fingerprint density at radius 1 is 1.14 bits per heavy atom. The van der Waals surface area contributed by atoms with E-state index < -0.39 is 0 Å². The molecule has 3 aromatic heterocycles. The monoisotopic (exact) mass is 377 g/mol. The van der Waals surface area contributed by atoms with Crippen molar-refractivity contribution in [3.05, 3.63) is 88.2 Å². The van der Waals surface area contributed by atoms with Crippen molar-refractivity contribution >= 4 is 11.7 Å². The van der Waals surface area contributed by atoms with Crippen molar-refractivity contribution in [2.45, 2.75) is 13.0 Å². The van der Waals surface area contributed by atoms with Crippen LogP contribution in [0.2, 0.25) is 0 Å². The van der Waals surface area contributed by atoms with E-state index in [1.807, 2.05) is 37.4 Å². The smallest absolute Gasteiger partial charge is 0.251 e. The van der Waals surface area contributed by atoms with E-state index in [-0.39, 0.29) is 11.5 Å². The molecule has 0 spiro atoms. The van der Waals surface area contributed by atoms with E-state index in [0.717, 1.165) is 30.0 Å². The summed E-state index contributed by atoms with van der Waals surface area (Å²) < 4.78 is 1.42. The number of aryl methyl sites for hydroxylation is 1. The minimum Gasteiger partial charge on any atom is -0.359 e. The average Bonchev–Trinajstić information content (AvgIpc) is 2.73. The van der Waals surface area contributed by atoms with E-state index in [1.165, 1.54) is 10.6 Å². The summed E-state index contributed by atoms with van der Waals surface area (Å²) in [5.74, 6) is 0.520. The summed E-state index contributed by atoms with van der Waals surface area (Å²) in [5, 5.41) is 2.86. The molecule has 0 aliphatic heterocycles. The second kappa shape index (κ2) is 8.94. The molecular weight excluding hydrogens is 354 g/mol. The molecule has 0 aromatic carbocycles. The Morgan fingerprint density at radius 3 is 2.71 bits per heavy atom. The highest BCUT2D eigenvalue weighted by atomic mass is 16.2. The number of rotatable bonds is 7. The molecule has 7 nitrogen and oxygen atoms in total. The number of carbonyl (C=O) groups is 1. The lowest BCUT2D eigenvalue weighted by Gasteiger charge is -2.21. The molecule has 1 N–H and O–H groups in total. The van der Waals surface area contributed by atoms with E-state index in [4.69, 9.17) is 0 Å². The number of anilines is 1. The maximum absolute atomic E-state index is 12.4. The number of nitrogens with one attached hydrogen (secondary N) is 1. The van der Waals surface area contributed by atoms with Crippen LogP contribution in [0, 0.1) is 0 Å². The lowest BCUT2D eigenvalue weighted by Crippen LogP contribution is -2.28. The Balaban J connectivity index is 1.65. The second-order valence-corrected chi connectivity index (χ2v) is 6.53. The molecule has 1 amide bonds. The number of aromatic nitrogens is 3. The van der Waals surface area contributed by atoms with E-state index in [2.05, 4.69) is 20.2 Å². The molecule has 0 radical (unpaired) electrons. The zero-order chi connectivity index (χ0) is 19.9. The topological polar surface area (TPSA) is 80.1 Å². The molecule has 0 bridgehead atoms. The molecule has 0 aliphatic carbocycles. The van der Waals surface area contributed by atoms with Gasteiger partial charge in [0.25, 0.3) is 11.5 Å².